The number of aliphatic imine (C=N–C) groups is 1. The standard InChI is InChI=1S/C28H21BN2/c1-3-11-20(12-4-1)26-19-27(31-28(30-26)21-13-5-2-6-14-21)29-24-17-9-7-15-22(24)23-16-8-10-18-25(23)29/h1-19,26H,(H,30,31). The molecule has 1 unspecified atom stereocenters. The molecule has 0 amide bonds. The molecule has 0 radical (unpaired) electrons. The number of benzene rings is 4. The van der Waals surface area contributed by atoms with Crippen LogP contribution in [-0.2, 0) is 0 Å². The van der Waals surface area contributed by atoms with E-state index in [2.05, 4.69) is 115 Å². The second-order valence-corrected chi connectivity index (χ2v) is 8.05. The molecule has 2 heterocycles. The van der Waals surface area contributed by atoms with Crippen molar-refractivity contribution in [3.05, 3.63) is 132 Å². The van der Waals surface area contributed by atoms with Crippen molar-refractivity contribution in [2.24, 2.45) is 4.99 Å². The minimum absolute atomic E-state index is 0.0208. The van der Waals surface area contributed by atoms with Crippen LogP contribution < -0.4 is 16.2 Å². The van der Waals surface area contributed by atoms with Crippen LogP contribution in [0.25, 0.3) is 11.1 Å². The Bertz CT molecular complexity index is 1260. The molecular formula is C28H21BN2. The van der Waals surface area contributed by atoms with E-state index in [9.17, 15) is 0 Å². The average Bonchev–Trinajstić information content (AvgIpc) is 3.19. The quantitative estimate of drug-likeness (QED) is 0.507. The van der Waals surface area contributed by atoms with Gasteiger partial charge in [-0.15, -0.1) is 0 Å². The van der Waals surface area contributed by atoms with Crippen LogP contribution in [0, 0.1) is 0 Å². The van der Waals surface area contributed by atoms with Crippen molar-refractivity contribution in [1.82, 2.24) is 5.32 Å². The molecule has 0 aromatic heterocycles. The number of rotatable bonds is 3. The Balaban J connectivity index is 1.51. The zero-order valence-electron chi connectivity index (χ0n) is 17.1. The van der Waals surface area contributed by atoms with Gasteiger partial charge >= 0.3 is 0 Å². The van der Waals surface area contributed by atoms with Crippen LogP contribution in [0.1, 0.15) is 17.2 Å². The van der Waals surface area contributed by atoms with Gasteiger partial charge < -0.3 is 5.32 Å². The summed E-state index contributed by atoms with van der Waals surface area (Å²) in [4.78, 5) is 5.09. The van der Waals surface area contributed by atoms with E-state index in [1.54, 1.807) is 0 Å². The number of hydrogen-bond donors (Lipinski definition) is 1. The van der Waals surface area contributed by atoms with Crippen molar-refractivity contribution in [3.8, 4) is 11.1 Å². The summed E-state index contributed by atoms with van der Waals surface area (Å²) in [6, 6.07) is 38.5. The minimum atomic E-state index is -0.0208. The van der Waals surface area contributed by atoms with Gasteiger partial charge in [0.2, 0.25) is 0 Å². The minimum Gasteiger partial charge on any atom is -0.351 e. The van der Waals surface area contributed by atoms with Crippen LogP contribution in [-0.4, -0.2) is 12.5 Å². The summed E-state index contributed by atoms with van der Waals surface area (Å²) >= 11 is 0. The smallest absolute Gasteiger partial charge is 0.263 e. The van der Waals surface area contributed by atoms with E-state index in [1.165, 1.54) is 33.2 Å². The van der Waals surface area contributed by atoms with Gasteiger partial charge in [-0.05, 0) is 28.4 Å². The molecule has 0 saturated carbocycles. The van der Waals surface area contributed by atoms with Crippen LogP contribution >= 0.6 is 0 Å². The van der Waals surface area contributed by atoms with Crippen molar-refractivity contribution < 1.29 is 0 Å². The molecule has 0 bridgehead atoms. The van der Waals surface area contributed by atoms with Crippen LogP contribution in [0.2, 0.25) is 0 Å². The van der Waals surface area contributed by atoms with E-state index in [-0.39, 0.29) is 12.8 Å². The average molecular weight is 396 g/mol. The molecule has 2 aliphatic rings. The van der Waals surface area contributed by atoms with Crippen molar-refractivity contribution in [1.29, 1.82) is 0 Å². The summed E-state index contributed by atoms with van der Waals surface area (Å²) in [7, 11) is 0. The van der Waals surface area contributed by atoms with Gasteiger partial charge in [0.05, 0.1) is 6.04 Å². The summed E-state index contributed by atoms with van der Waals surface area (Å²) in [5, 5.41) is 3.70. The van der Waals surface area contributed by atoms with Gasteiger partial charge in [-0.25, -0.2) is 0 Å². The highest BCUT2D eigenvalue weighted by Gasteiger charge is 2.36. The first kappa shape index (κ1) is 18.0. The maximum atomic E-state index is 5.09. The first-order valence-corrected chi connectivity index (χ1v) is 10.7. The Morgan fingerprint density at radius 3 is 1.81 bits per heavy atom. The van der Waals surface area contributed by atoms with Gasteiger partial charge in [0.1, 0.15) is 5.84 Å². The van der Waals surface area contributed by atoms with Crippen molar-refractivity contribution in [2.45, 2.75) is 6.04 Å². The number of fused-ring (bicyclic) bond motifs is 3. The number of nitrogens with one attached hydrogen (secondary N) is 1. The second kappa shape index (κ2) is 7.44. The van der Waals surface area contributed by atoms with E-state index >= 15 is 0 Å². The van der Waals surface area contributed by atoms with Gasteiger partial charge in [-0.3, -0.25) is 4.99 Å². The van der Waals surface area contributed by atoms with Crippen LogP contribution in [0.4, 0.5) is 0 Å². The molecule has 4 aromatic carbocycles. The monoisotopic (exact) mass is 396 g/mol. The molecule has 0 spiro atoms. The van der Waals surface area contributed by atoms with E-state index in [0.29, 0.717) is 0 Å². The molecule has 1 N–H and O–H groups in total. The summed E-state index contributed by atoms with van der Waals surface area (Å²) in [6.07, 6.45) is 2.30. The SMILES string of the molecule is C1=C(B2c3ccccc3-c3ccccc32)NC(c2ccccc2)=NC1c1ccccc1. The lowest BCUT2D eigenvalue weighted by Gasteiger charge is -2.26. The molecule has 0 aliphatic carbocycles. The van der Waals surface area contributed by atoms with Crippen LogP contribution in [0.3, 0.4) is 0 Å². The Hall–Kier alpha value is -3.85. The Labute approximate surface area is 183 Å². The molecule has 146 valence electrons. The van der Waals surface area contributed by atoms with E-state index < -0.39 is 0 Å². The lowest BCUT2D eigenvalue weighted by atomic mass is 9.40. The largest absolute Gasteiger partial charge is 0.351 e. The first-order chi connectivity index (χ1) is 15.4. The van der Waals surface area contributed by atoms with Gasteiger partial charge in [-0.2, -0.15) is 0 Å². The zero-order valence-corrected chi connectivity index (χ0v) is 17.1. The fourth-order valence-electron chi connectivity index (χ4n) is 4.78. The van der Waals surface area contributed by atoms with Gasteiger partial charge in [0, 0.05) is 5.56 Å². The molecule has 2 aliphatic heterocycles. The molecule has 31 heavy (non-hydrogen) atoms. The summed E-state index contributed by atoms with van der Waals surface area (Å²) < 4.78 is 0. The topological polar surface area (TPSA) is 24.4 Å². The van der Waals surface area contributed by atoms with Gasteiger partial charge in [0.25, 0.3) is 6.71 Å². The molecule has 1 atom stereocenters. The van der Waals surface area contributed by atoms with Crippen molar-refractivity contribution in [3.63, 3.8) is 0 Å². The third-order valence-electron chi connectivity index (χ3n) is 6.20. The van der Waals surface area contributed by atoms with Crippen molar-refractivity contribution >= 4 is 23.5 Å². The predicted molar refractivity (Wildman–Crippen MR) is 130 cm³/mol. The molecule has 4 aromatic rings. The Kier molecular flexibility index (Phi) is 4.31. The Morgan fingerprint density at radius 2 is 1.16 bits per heavy atom. The molecule has 6 rings (SSSR count). The van der Waals surface area contributed by atoms with E-state index in [4.69, 9.17) is 4.99 Å². The van der Waals surface area contributed by atoms with Gasteiger partial charge in [-0.1, -0.05) is 120 Å². The zero-order chi connectivity index (χ0) is 20.6. The first-order valence-electron chi connectivity index (χ1n) is 10.7. The number of hydrogen-bond acceptors (Lipinski definition) is 2. The highest BCUT2D eigenvalue weighted by atomic mass is 15.0. The fourth-order valence-corrected chi connectivity index (χ4v) is 4.78. The van der Waals surface area contributed by atoms with Gasteiger partial charge in [0.15, 0.2) is 0 Å². The third-order valence-corrected chi connectivity index (χ3v) is 6.20. The Morgan fingerprint density at radius 1 is 0.613 bits per heavy atom. The van der Waals surface area contributed by atoms with Crippen LogP contribution in [0.15, 0.2) is 126 Å². The van der Waals surface area contributed by atoms with Crippen LogP contribution in [0.5, 0.6) is 0 Å². The maximum Gasteiger partial charge on any atom is 0.263 e. The molecule has 3 heteroatoms. The summed E-state index contributed by atoms with van der Waals surface area (Å²) in [6.45, 7) is 0.174. The number of nitrogens with zero attached hydrogens (tertiary/aromatic N) is 1. The third kappa shape index (κ3) is 3.10. The predicted octanol–water partition coefficient (Wildman–Crippen LogP) is 4.49. The van der Waals surface area contributed by atoms with E-state index in [0.717, 1.165) is 11.4 Å². The highest BCUT2D eigenvalue weighted by molar-refractivity contribution is 6.94. The van der Waals surface area contributed by atoms with E-state index in [1.807, 2.05) is 6.07 Å². The summed E-state index contributed by atoms with van der Waals surface area (Å²) in [5.41, 5.74) is 8.85. The lowest BCUT2D eigenvalue weighted by Crippen LogP contribution is -2.47. The molecule has 0 saturated heterocycles. The summed E-state index contributed by atoms with van der Waals surface area (Å²) in [5.74, 6) is 0.925. The van der Waals surface area contributed by atoms with Crippen molar-refractivity contribution in [2.75, 3.05) is 0 Å². The fraction of sp³-hybridized carbons (Fsp3) is 0.0357. The molecule has 2 nitrogen and oxygen atoms in total. The number of amidine groups is 1. The maximum absolute atomic E-state index is 5.09. The molecule has 0 fully saturated rings. The second-order valence-electron chi connectivity index (χ2n) is 8.05. The lowest BCUT2D eigenvalue weighted by molar-refractivity contribution is 0.863. The molecular weight excluding hydrogens is 375 g/mol. The highest BCUT2D eigenvalue weighted by Crippen LogP contribution is 2.29. The normalized spacial score (nSPS) is 16.6.